The summed E-state index contributed by atoms with van der Waals surface area (Å²) in [6.45, 7) is 3.31. The summed E-state index contributed by atoms with van der Waals surface area (Å²) < 4.78 is 5.72. The minimum absolute atomic E-state index is 0.394. The molecule has 0 aromatic heterocycles. The molecule has 0 unspecified atom stereocenters. The fraction of sp³-hybridized carbons (Fsp3) is 0.500. The number of nitrogens with zero attached hydrogens (tertiary/aromatic N) is 1. The van der Waals surface area contributed by atoms with Gasteiger partial charge < -0.3 is 15.4 Å². The summed E-state index contributed by atoms with van der Waals surface area (Å²) in [4.78, 5) is 2.35. The Labute approximate surface area is 115 Å². The minimum Gasteiger partial charge on any atom is -0.492 e. The molecule has 0 saturated heterocycles. The molecular formula is C16H22N2O. The van der Waals surface area contributed by atoms with Crippen molar-refractivity contribution in [3.63, 3.8) is 0 Å². The third-order valence-electron chi connectivity index (χ3n) is 3.20. The molecule has 2 N–H and O–H groups in total. The predicted molar refractivity (Wildman–Crippen MR) is 78.1 cm³/mol. The molecule has 0 bridgehead atoms. The average Bonchev–Trinajstić information content (AvgIpc) is 3.22. The minimum atomic E-state index is 0.394. The smallest absolute Gasteiger partial charge is 0.119 e. The summed E-state index contributed by atoms with van der Waals surface area (Å²) >= 11 is 0. The van der Waals surface area contributed by atoms with Crippen molar-refractivity contribution in [2.75, 3.05) is 33.3 Å². The van der Waals surface area contributed by atoms with Gasteiger partial charge in [0.1, 0.15) is 12.4 Å². The lowest BCUT2D eigenvalue weighted by Crippen LogP contribution is -2.26. The molecule has 1 fully saturated rings. The van der Waals surface area contributed by atoms with Crippen LogP contribution in [0.3, 0.4) is 0 Å². The van der Waals surface area contributed by atoms with E-state index < -0.39 is 0 Å². The Hall–Kier alpha value is -1.50. The standard InChI is InChI=1S/C16H22N2O/c1-18(13-15-4-5-15)11-12-19-16-8-6-14(7-9-16)3-2-10-17/h6-9,15H,4-5,10-13,17H2,1H3. The van der Waals surface area contributed by atoms with Crippen LogP contribution in [0.1, 0.15) is 18.4 Å². The van der Waals surface area contributed by atoms with E-state index >= 15 is 0 Å². The zero-order valence-electron chi connectivity index (χ0n) is 11.6. The van der Waals surface area contributed by atoms with Gasteiger partial charge in [0.05, 0.1) is 6.54 Å². The normalized spacial score (nSPS) is 14.1. The van der Waals surface area contributed by atoms with Crippen LogP contribution < -0.4 is 10.5 Å². The first-order chi connectivity index (χ1) is 9.28. The molecule has 0 radical (unpaired) electrons. The van der Waals surface area contributed by atoms with Crippen molar-refractivity contribution in [1.29, 1.82) is 0 Å². The average molecular weight is 258 g/mol. The van der Waals surface area contributed by atoms with Crippen LogP contribution in [0.4, 0.5) is 0 Å². The summed E-state index contributed by atoms with van der Waals surface area (Å²) in [5.74, 6) is 7.67. The second kappa shape index (κ2) is 7.18. The molecule has 0 amide bonds. The summed E-state index contributed by atoms with van der Waals surface area (Å²) in [6, 6.07) is 7.85. The van der Waals surface area contributed by atoms with Crippen molar-refractivity contribution in [2.45, 2.75) is 12.8 Å². The van der Waals surface area contributed by atoms with E-state index in [1.54, 1.807) is 0 Å². The first kappa shape index (κ1) is 13.9. The van der Waals surface area contributed by atoms with E-state index in [-0.39, 0.29) is 0 Å². The van der Waals surface area contributed by atoms with E-state index in [9.17, 15) is 0 Å². The lowest BCUT2D eigenvalue weighted by atomic mass is 10.2. The molecule has 19 heavy (non-hydrogen) atoms. The van der Waals surface area contributed by atoms with Crippen LogP contribution in [0.15, 0.2) is 24.3 Å². The van der Waals surface area contributed by atoms with E-state index in [0.717, 1.165) is 30.4 Å². The lowest BCUT2D eigenvalue weighted by Gasteiger charge is -2.16. The fourth-order valence-electron chi connectivity index (χ4n) is 1.94. The Morgan fingerprint density at radius 1 is 1.32 bits per heavy atom. The number of rotatable bonds is 6. The third kappa shape index (κ3) is 5.34. The van der Waals surface area contributed by atoms with Gasteiger partial charge in [-0.05, 0) is 50.1 Å². The van der Waals surface area contributed by atoms with Crippen LogP contribution in [0.5, 0.6) is 5.75 Å². The van der Waals surface area contributed by atoms with Crippen LogP contribution in [0, 0.1) is 17.8 Å². The number of benzene rings is 1. The zero-order valence-corrected chi connectivity index (χ0v) is 11.6. The Balaban J connectivity index is 1.70. The number of hydrogen-bond acceptors (Lipinski definition) is 3. The monoisotopic (exact) mass is 258 g/mol. The molecule has 3 heteroatoms. The lowest BCUT2D eigenvalue weighted by molar-refractivity contribution is 0.232. The van der Waals surface area contributed by atoms with Crippen LogP contribution >= 0.6 is 0 Å². The Kier molecular flexibility index (Phi) is 5.26. The Morgan fingerprint density at radius 3 is 2.68 bits per heavy atom. The van der Waals surface area contributed by atoms with Gasteiger partial charge >= 0.3 is 0 Å². The van der Waals surface area contributed by atoms with Gasteiger partial charge in [0.2, 0.25) is 0 Å². The maximum absolute atomic E-state index is 5.72. The molecule has 1 saturated carbocycles. The largest absolute Gasteiger partial charge is 0.492 e. The maximum Gasteiger partial charge on any atom is 0.119 e. The van der Waals surface area contributed by atoms with Crippen molar-refractivity contribution in [2.24, 2.45) is 11.7 Å². The van der Waals surface area contributed by atoms with Crippen molar-refractivity contribution in [3.05, 3.63) is 29.8 Å². The highest BCUT2D eigenvalue weighted by molar-refractivity contribution is 5.38. The van der Waals surface area contributed by atoms with Crippen LogP contribution in [0.2, 0.25) is 0 Å². The van der Waals surface area contributed by atoms with Gasteiger partial charge in [0.25, 0.3) is 0 Å². The zero-order chi connectivity index (χ0) is 13.5. The fourth-order valence-corrected chi connectivity index (χ4v) is 1.94. The molecule has 2 rings (SSSR count). The van der Waals surface area contributed by atoms with Crippen molar-refractivity contribution in [1.82, 2.24) is 4.90 Å². The second-order valence-electron chi connectivity index (χ2n) is 5.08. The molecule has 102 valence electrons. The molecule has 1 aromatic carbocycles. The van der Waals surface area contributed by atoms with E-state index in [0.29, 0.717) is 6.54 Å². The number of ether oxygens (including phenoxy) is 1. The summed E-state index contributed by atoms with van der Waals surface area (Å²) in [5, 5.41) is 0. The molecule has 0 aliphatic heterocycles. The van der Waals surface area contributed by atoms with Crippen LogP contribution in [0.25, 0.3) is 0 Å². The van der Waals surface area contributed by atoms with Crippen LogP contribution in [-0.4, -0.2) is 38.2 Å². The number of nitrogens with two attached hydrogens (primary N) is 1. The first-order valence-corrected chi connectivity index (χ1v) is 6.88. The van der Waals surface area contributed by atoms with Gasteiger partial charge in [0.15, 0.2) is 0 Å². The highest BCUT2D eigenvalue weighted by Crippen LogP contribution is 2.29. The van der Waals surface area contributed by atoms with Gasteiger partial charge in [0, 0.05) is 18.7 Å². The van der Waals surface area contributed by atoms with Crippen LogP contribution in [-0.2, 0) is 0 Å². The molecule has 3 nitrogen and oxygen atoms in total. The van der Waals surface area contributed by atoms with Gasteiger partial charge in [-0.1, -0.05) is 11.8 Å². The molecule has 0 atom stereocenters. The Morgan fingerprint density at radius 2 is 2.05 bits per heavy atom. The van der Waals surface area contributed by atoms with Gasteiger partial charge in [-0.25, -0.2) is 0 Å². The topological polar surface area (TPSA) is 38.5 Å². The molecule has 1 aromatic rings. The molecular weight excluding hydrogens is 236 g/mol. The van der Waals surface area contributed by atoms with Crippen molar-refractivity contribution < 1.29 is 4.74 Å². The summed E-state index contributed by atoms with van der Waals surface area (Å²) in [6.07, 6.45) is 2.80. The van der Waals surface area contributed by atoms with E-state index in [2.05, 4.69) is 23.8 Å². The number of hydrogen-bond donors (Lipinski definition) is 1. The Bertz CT molecular complexity index is 440. The van der Waals surface area contributed by atoms with Gasteiger partial charge in [-0.3, -0.25) is 0 Å². The predicted octanol–water partition coefficient (Wildman–Crippen LogP) is 1.72. The maximum atomic E-state index is 5.72. The van der Waals surface area contributed by atoms with Gasteiger partial charge in [-0.2, -0.15) is 0 Å². The van der Waals surface area contributed by atoms with E-state index in [1.165, 1.54) is 19.4 Å². The van der Waals surface area contributed by atoms with Crippen molar-refractivity contribution >= 4 is 0 Å². The van der Waals surface area contributed by atoms with E-state index in [1.807, 2.05) is 24.3 Å². The number of likely N-dealkylation sites (N-methyl/N-ethyl adjacent to an activating group) is 1. The highest BCUT2D eigenvalue weighted by Gasteiger charge is 2.22. The summed E-state index contributed by atoms with van der Waals surface area (Å²) in [5.41, 5.74) is 6.31. The van der Waals surface area contributed by atoms with Crippen molar-refractivity contribution in [3.8, 4) is 17.6 Å². The molecule has 1 aliphatic carbocycles. The summed E-state index contributed by atoms with van der Waals surface area (Å²) in [7, 11) is 2.16. The second-order valence-corrected chi connectivity index (χ2v) is 5.08. The highest BCUT2D eigenvalue weighted by atomic mass is 16.5. The molecule has 1 aliphatic rings. The SMILES string of the molecule is CN(CCOc1ccc(C#CCN)cc1)CC1CC1. The molecule has 0 spiro atoms. The third-order valence-corrected chi connectivity index (χ3v) is 3.20. The quantitative estimate of drug-likeness (QED) is 0.790. The first-order valence-electron chi connectivity index (χ1n) is 6.88. The van der Waals surface area contributed by atoms with Gasteiger partial charge in [-0.15, -0.1) is 0 Å². The van der Waals surface area contributed by atoms with E-state index in [4.69, 9.17) is 10.5 Å². The molecule has 0 heterocycles.